The fourth-order valence-corrected chi connectivity index (χ4v) is 3.66. The van der Waals surface area contributed by atoms with Gasteiger partial charge in [-0.2, -0.15) is 5.26 Å². The Kier molecular flexibility index (Phi) is 5.19. The number of anilines is 2. The van der Waals surface area contributed by atoms with Crippen LogP contribution in [0.2, 0.25) is 0 Å². The van der Waals surface area contributed by atoms with Crippen LogP contribution in [0.15, 0.2) is 72.8 Å². The van der Waals surface area contributed by atoms with Crippen LogP contribution in [0.5, 0.6) is 0 Å². The summed E-state index contributed by atoms with van der Waals surface area (Å²) >= 11 is 0. The summed E-state index contributed by atoms with van der Waals surface area (Å²) in [6.45, 7) is 0. The lowest BCUT2D eigenvalue weighted by Crippen LogP contribution is -2.17. The number of methoxy groups -OCH3 is 1. The van der Waals surface area contributed by atoms with Gasteiger partial charge in [-0.05, 0) is 29.8 Å². The van der Waals surface area contributed by atoms with Crippen molar-refractivity contribution in [3.05, 3.63) is 95.1 Å². The van der Waals surface area contributed by atoms with Gasteiger partial charge in [-0.3, -0.25) is 0 Å². The van der Waals surface area contributed by atoms with Crippen molar-refractivity contribution in [3.63, 3.8) is 0 Å². The third kappa shape index (κ3) is 3.38. The second-order valence-electron chi connectivity index (χ2n) is 6.76. The van der Waals surface area contributed by atoms with Crippen molar-refractivity contribution in [1.29, 1.82) is 5.26 Å². The van der Waals surface area contributed by atoms with E-state index in [1.165, 1.54) is 19.2 Å². The van der Waals surface area contributed by atoms with Gasteiger partial charge in [-0.1, -0.05) is 48.5 Å². The van der Waals surface area contributed by atoms with Gasteiger partial charge in [0.25, 0.3) is 0 Å². The molecule has 4 rings (SSSR count). The first-order valence-corrected chi connectivity index (χ1v) is 9.39. The maximum absolute atomic E-state index is 13.0. The van der Waals surface area contributed by atoms with Crippen LogP contribution < -0.4 is 4.90 Å². The number of para-hydroxylation sites is 2. The molecule has 0 saturated heterocycles. The minimum absolute atomic E-state index is 0.136. The molecule has 148 valence electrons. The van der Waals surface area contributed by atoms with Gasteiger partial charge >= 0.3 is 11.9 Å². The summed E-state index contributed by atoms with van der Waals surface area (Å²) in [4.78, 5) is 26.6. The second kappa shape index (κ2) is 8.10. The van der Waals surface area contributed by atoms with Gasteiger partial charge in [0.2, 0.25) is 0 Å². The number of nitriles is 1. The Labute approximate surface area is 173 Å². The van der Waals surface area contributed by atoms with Gasteiger partial charge in [0.1, 0.15) is 6.10 Å². The summed E-state index contributed by atoms with van der Waals surface area (Å²) in [5.41, 5.74) is 3.29. The van der Waals surface area contributed by atoms with E-state index in [0.717, 1.165) is 16.8 Å². The van der Waals surface area contributed by atoms with Crippen molar-refractivity contribution in [1.82, 2.24) is 0 Å². The van der Waals surface area contributed by atoms with Crippen LogP contribution in [-0.2, 0) is 15.9 Å². The predicted octanol–water partition coefficient (Wildman–Crippen LogP) is 4.55. The third-order valence-corrected chi connectivity index (χ3v) is 5.06. The Hall–Kier alpha value is -4.11. The minimum Gasteiger partial charge on any atom is -0.465 e. The first-order valence-electron chi connectivity index (χ1n) is 9.39. The number of carbonyl (C=O) groups is 2. The Morgan fingerprint density at radius 3 is 2.20 bits per heavy atom. The summed E-state index contributed by atoms with van der Waals surface area (Å²) in [7, 11) is 1.26. The van der Waals surface area contributed by atoms with Gasteiger partial charge in [-0.25, -0.2) is 14.5 Å². The summed E-state index contributed by atoms with van der Waals surface area (Å²) in [6, 6.07) is 21.3. The zero-order chi connectivity index (χ0) is 21.1. The van der Waals surface area contributed by atoms with Gasteiger partial charge < -0.3 is 9.47 Å². The number of carbonyl (C=O) groups excluding carboxylic acids is 2. The van der Waals surface area contributed by atoms with E-state index in [-0.39, 0.29) is 11.1 Å². The van der Waals surface area contributed by atoms with E-state index < -0.39 is 18.0 Å². The number of hydrogen-bond acceptors (Lipinski definition) is 6. The summed E-state index contributed by atoms with van der Waals surface area (Å²) in [5, 5.41) is 9.80. The topological polar surface area (TPSA) is 79.6 Å². The zero-order valence-corrected chi connectivity index (χ0v) is 16.2. The molecule has 0 saturated carbocycles. The number of esters is 2. The number of rotatable bonds is 3. The van der Waals surface area contributed by atoms with E-state index in [1.54, 1.807) is 17.0 Å². The van der Waals surface area contributed by atoms with Crippen molar-refractivity contribution < 1.29 is 19.1 Å². The van der Waals surface area contributed by atoms with E-state index in [1.807, 2.05) is 48.5 Å². The van der Waals surface area contributed by atoms with Crippen molar-refractivity contribution in [3.8, 4) is 6.19 Å². The van der Waals surface area contributed by atoms with E-state index in [2.05, 4.69) is 6.19 Å². The average molecular weight is 398 g/mol. The van der Waals surface area contributed by atoms with Crippen LogP contribution in [0.4, 0.5) is 11.4 Å². The van der Waals surface area contributed by atoms with Crippen molar-refractivity contribution in [2.75, 3.05) is 12.0 Å². The van der Waals surface area contributed by atoms with Crippen molar-refractivity contribution in [2.45, 2.75) is 12.5 Å². The van der Waals surface area contributed by atoms with Gasteiger partial charge in [0.05, 0.1) is 29.6 Å². The average Bonchev–Trinajstić information content (AvgIpc) is 2.92. The van der Waals surface area contributed by atoms with Crippen LogP contribution in [0.25, 0.3) is 0 Å². The van der Waals surface area contributed by atoms with Crippen LogP contribution in [0, 0.1) is 11.5 Å². The number of ether oxygens (including phenoxy) is 2. The van der Waals surface area contributed by atoms with E-state index in [4.69, 9.17) is 9.47 Å². The Morgan fingerprint density at radius 2 is 1.50 bits per heavy atom. The molecule has 1 atom stereocenters. The SMILES string of the molecule is COC(=O)c1ccccc1C(=O)O[C@@H]1Cc2ccccc2N(C#N)c2ccccc21. The molecule has 6 nitrogen and oxygen atoms in total. The molecular formula is C24H18N2O4. The van der Waals surface area contributed by atoms with Crippen molar-refractivity contribution in [2.24, 2.45) is 0 Å². The molecule has 1 heterocycles. The maximum Gasteiger partial charge on any atom is 0.339 e. The molecule has 0 unspecified atom stereocenters. The molecule has 0 radical (unpaired) electrons. The van der Waals surface area contributed by atoms with Gasteiger partial charge in [0.15, 0.2) is 6.19 Å². The molecule has 0 spiro atoms. The smallest absolute Gasteiger partial charge is 0.339 e. The molecule has 0 fully saturated rings. The van der Waals surface area contributed by atoms with Crippen LogP contribution >= 0.6 is 0 Å². The van der Waals surface area contributed by atoms with E-state index in [9.17, 15) is 14.9 Å². The van der Waals surface area contributed by atoms with Crippen LogP contribution in [-0.4, -0.2) is 19.0 Å². The molecule has 0 amide bonds. The predicted molar refractivity (Wildman–Crippen MR) is 110 cm³/mol. The largest absolute Gasteiger partial charge is 0.465 e. The molecular weight excluding hydrogens is 380 g/mol. The fourth-order valence-electron chi connectivity index (χ4n) is 3.66. The van der Waals surface area contributed by atoms with Crippen LogP contribution in [0.3, 0.4) is 0 Å². The van der Waals surface area contributed by atoms with Gasteiger partial charge in [-0.15, -0.1) is 0 Å². The van der Waals surface area contributed by atoms with Crippen molar-refractivity contribution >= 4 is 23.3 Å². The minimum atomic E-state index is -0.626. The van der Waals surface area contributed by atoms with E-state index in [0.29, 0.717) is 12.1 Å². The Balaban J connectivity index is 1.76. The normalized spacial score (nSPS) is 14.5. The molecule has 1 aliphatic heterocycles. The molecule has 3 aromatic carbocycles. The highest BCUT2D eigenvalue weighted by molar-refractivity contribution is 6.03. The molecule has 1 aliphatic rings. The molecule has 0 aromatic heterocycles. The second-order valence-corrected chi connectivity index (χ2v) is 6.76. The molecule has 0 bridgehead atoms. The highest BCUT2D eigenvalue weighted by Gasteiger charge is 2.30. The highest BCUT2D eigenvalue weighted by atomic mass is 16.5. The number of fused-ring (bicyclic) bond motifs is 2. The Bertz CT molecular complexity index is 1170. The zero-order valence-electron chi connectivity index (χ0n) is 16.2. The highest BCUT2D eigenvalue weighted by Crippen LogP contribution is 2.41. The van der Waals surface area contributed by atoms with Crippen LogP contribution in [0.1, 0.15) is 37.9 Å². The lowest BCUT2D eigenvalue weighted by atomic mass is 10.0. The Morgan fingerprint density at radius 1 is 0.900 bits per heavy atom. The first-order chi connectivity index (χ1) is 14.6. The summed E-state index contributed by atoms with van der Waals surface area (Å²) in [5.74, 6) is -1.23. The first kappa shape index (κ1) is 19.2. The number of nitrogens with zero attached hydrogens (tertiary/aromatic N) is 2. The monoisotopic (exact) mass is 398 g/mol. The molecule has 30 heavy (non-hydrogen) atoms. The molecule has 6 heteroatoms. The molecule has 0 N–H and O–H groups in total. The molecule has 3 aromatic rings. The number of benzene rings is 3. The quantitative estimate of drug-likeness (QED) is 0.476. The lowest BCUT2D eigenvalue weighted by molar-refractivity contribution is 0.0293. The summed E-state index contributed by atoms with van der Waals surface area (Å²) < 4.78 is 10.7. The van der Waals surface area contributed by atoms with Gasteiger partial charge in [0, 0.05) is 12.0 Å². The lowest BCUT2D eigenvalue weighted by Gasteiger charge is -2.20. The number of hydrogen-bond donors (Lipinski definition) is 0. The molecule has 0 aliphatic carbocycles. The maximum atomic E-state index is 13.0. The summed E-state index contributed by atoms with van der Waals surface area (Å²) in [6.07, 6.45) is 2.00. The standard InChI is InChI=1S/C24H18N2O4/c1-29-23(27)17-9-3-4-10-18(17)24(28)30-22-14-16-8-2-6-12-20(16)26(15-25)21-13-7-5-11-19(21)22/h2-13,22H,14H2,1H3/t22-/m1/s1. The van der Waals surface area contributed by atoms with E-state index >= 15 is 0 Å². The fraction of sp³-hybridized carbons (Fsp3) is 0.125. The third-order valence-electron chi connectivity index (χ3n) is 5.06.